The van der Waals surface area contributed by atoms with Gasteiger partial charge in [0.2, 0.25) is 5.78 Å². The van der Waals surface area contributed by atoms with Crippen molar-refractivity contribution in [3.05, 3.63) is 82.4 Å². The molecular formula is C19H16N2O4. The summed E-state index contributed by atoms with van der Waals surface area (Å²) in [6.07, 6.45) is 1.57. The summed E-state index contributed by atoms with van der Waals surface area (Å²) >= 11 is 0. The number of rotatable bonds is 5. The first-order chi connectivity index (χ1) is 12.1. The Balaban J connectivity index is 2.16. The second kappa shape index (κ2) is 7.00. The molecule has 1 aromatic carbocycles. The van der Waals surface area contributed by atoms with E-state index < -0.39 is 0 Å². The first-order valence-electron chi connectivity index (χ1n) is 7.55. The second-order valence-electron chi connectivity index (χ2n) is 5.20. The molecule has 0 saturated heterocycles. The molecule has 0 N–H and O–H groups in total. The minimum atomic E-state index is -0.334. The summed E-state index contributed by atoms with van der Waals surface area (Å²) in [7, 11) is 3.02. The average molecular weight is 336 g/mol. The summed E-state index contributed by atoms with van der Waals surface area (Å²) in [6, 6.07) is 14.6. The van der Waals surface area contributed by atoms with Crippen molar-refractivity contribution in [2.45, 2.75) is 0 Å². The van der Waals surface area contributed by atoms with Crippen LogP contribution in [0.4, 0.5) is 0 Å². The largest absolute Gasteiger partial charge is 0.497 e. The van der Waals surface area contributed by atoms with Gasteiger partial charge in [0.05, 0.1) is 19.9 Å². The van der Waals surface area contributed by atoms with E-state index in [0.717, 1.165) is 0 Å². The molecule has 2 aromatic heterocycles. The smallest absolute Gasteiger partial charge is 0.256 e. The third-order valence-electron chi connectivity index (χ3n) is 3.68. The van der Waals surface area contributed by atoms with E-state index in [1.165, 1.54) is 24.9 Å². The Morgan fingerprint density at radius 2 is 1.68 bits per heavy atom. The molecule has 0 unspecified atom stereocenters. The molecule has 0 aliphatic rings. The van der Waals surface area contributed by atoms with E-state index in [2.05, 4.69) is 4.98 Å². The number of hydrogen-bond donors (Lipinski definition) is 0. The molecule has 0 bridgehead atoms. The van der Waals surface area contributed by atoms with Crippen LogP contribution in [0, 0.1) is 0 Å². The summed E-state index contributed by atoms with van der Waals surface area (Å²) in [5.74, 6) is 1.03. The molecule has 0 radical (unpaired) electrons. The summed E-state index contributed by atoms with van der Waals surface area (Å²) < 4.78 is 11.7. The maximum atomic E-state index is 13.0. The van der Waals surface area contributed by atoms with Gasteiger partial charge in [0.1, 0.15) is 17.3 Å². The number of ketones is 1. The highest BCUT2D eigenvalue weighted by Crippen LogP contribution is 2.24. The van der Waals surface area contributed by atoms with Crippen molar-refractivity contribution < 1.29 is 14.3 Å². The average Bonchev–Trinajstić information content (AvgIpc) is 2.67. The molecule has 2 heterocycles. The lowest BCUT2D eigenvalue weighted by Crippen LogP contribution is -2.24. The molecule has 0 fully saturated rings. The summed E-state index contributed by atoms with van der Waals surface area (Å²) in [6.45, 7) is 0. The zero-order valence-electron chi connectivity index (χ0n) is 13.8. The minimum absolute atomic E-state index is 0.210. The molecule has 0 atom stereocenters. The summed E-state index contributed by atoms with van der Waals surface area (Å²) in [5, 5.41) is 0. The van der Waals surface area contributed by atoms with E-state index in [4.69, 9.17) is 9.47 Å². The normalized spacial score (nSPS) is 10.3. The van der Waals surface area contributed by atoms with Gasteiger partial charge in [0.25, 0.3) is 5.56 Å². The van der Waals surface area contributed by atoms with E-state index in [-0.39, 0.29) is 17.0 Å². The predicted molar refractivity (Wildman–Crippen MR) is 92.8 cm³/mol. The van der Waals surface area contributed by atoms with Crippen LogP contribution in [0.25, 0.3) is 5.82 Å². The molecule has 3 aromatic rings. The topological polar surface area (TPSA) is 70.4 Å². The van der Waals surface area contributed by atoms with Crippen molar-refractivity contribution in [2.24, 2.45) is 0 Å². The van der Waals surface area contributed by atoms with Gasteiger partial charge in [-0.1, -0.05) is 12.1 Å². The monoisotopic (exact) mass is 336 g/mol. The zero-order valence-corrected chi connectivity index (χ0v) is 13.8. The van der Waals surface area contributed by atoms with Crippen LogP contribution in [0.5, 0.6) is 11.5 Å². The molecule has 0 aliphatic heterocycles. The second-order valence-corrected chi connectivity index (χ2v) is 5.20. The van der Waals surface area contributed by atoms with Gasteiger partial charge in [-0.05, 0) is 30.3 Å². The van der Waals surface area contributed by atoms with Crippen LogP contribution >= 0.6 is 0 Å². The highest BCUT2D eigenvalue weighted by Gasteiger charge is 2.18. The lowest BCUT2D eigenvalue weighted by atomic mass is 10.1. The number of carbonyl (C=O) groups is 1. The van der Waals surface area contributed by atoms with Crippen LogP contribution in [0.2, 0.25) is 0 Å². The van der Waals surface area contributed by atoms with Crippen LogP contribution in [-0.2, 0) is 0 Å². The van der Waals surface area contributed by atoms with Crippen LogP contribution in [-0.4, -0.2) is 29.6 Å². The first-order valence-corrected chi connectivity index (χ1v) is 7.55. The van der Waals surface area contributed by atoms with Gasteiger partial charge in [0, 0.05) is 23.9 Å². The van der Waals surface area contributed by atoms with Crippen molar-refractivity contribution in [1.82, 2.24) is 9.55 Å². The Morgan fingerprint density at radius 3 is 2.28 bits per heavy atom. The van der Waals surface area contributed by atoms with Crippen molar-refractivity contribution in [1.29, 1.82) is 0 Å². The van der Waals surface area contributed by atoms with Gasteiger partial charge in [-0.3, -0.25) is 14.2 Å². The molecule has 6 nitrogen and oxygen atoms in total. The number of ether oxygens (including phenoxy) is 2. The van der Waals surface area contributed by atoms with Crippen LogP contribution < -0.4 is 15.0 Å². The fraction of sp³-hybridized carbons (Fsp3) is 0.105. The Hall–Kier alpha value is -3.41. The maximum Gasteiger partial charge on any atom is 0.256 e. The zero-order chi connectivity index (χ0) is 17.8. The van der Waals surface area contributed by atoms with E-state index in [1.54, 1.807) is 54.7 Å². The van der Waals surface area contributed by atoms with Crippen molar-refractivity contribution in [3.63, 3.8) is 0 Å². The third-order valence-corrected chi connectivity index (χ3v) is 3.68. The highest BCUT2D eigenvalue weighted by atomic mass is 16.5. The maximum absolute atomic E-state index is 13.0. The molecule has 6 heteroatoms. The Labute approximate surface area is 144 Å². The van der Waals surface area contributed by atoms with E-state index >= 15 is 0 Å². The number of carbonyl (C=O) groups excluding carboxylic acids is 1. The van der Waals surface area contributed by atoms with Gasteiger partial charge in [-0.15, -0.1) is 0 Å². The molecule has 0 spiro atoms. The molecule has 0 saturated carbocycles. The lowest BCUT2D eigenvalue weighted by Gasteiger charge is -2.12. The van der Waals surface area contributed by atoms with E-state index in [9.17, 15) is 9.59 Å². The number of hydrogen-bond acceptors (Lipinski definition) is 5. The Kier molecular flexibility index (Phi) is 4.61. The molecule has 126 valence electrons. The number of nitrogens with zero attached hydrogens (tertiary/aromatic N) is 2. The van der Waals surface area contributed by atoms with Gasteiger partial charge < -0.3 is 9.47 Å². The molecule has 0 amide bonds. The predicted octanol–water partition coefficient (Wildman–Crippen LogP) is 2.48. The number of methoxy groups -OCH3 is 2. The highest BCUT2D eigenvalue weighted by molar-refractivity contribution is 6.08. The van der Waals surface area contributed by atoms with E-state index in [1.807, 2.05) is 0 Å². The standard InChI is InChI=1S/C19H16N2O4/c1-24-14-10-13(11-15(12-14)25-2)19(23)16-6-5-8-18(22)21(16)17-7-3-4-9-20-17/h3-12H,1-2H3. The van der Waals surface area contributed by atoms with Crippen molar-refractivity contribution >= 4 is 5.78 Å². The van der Waals surface area contributed by atoms with Crippen LogP contribution in [0.3, 0.4) is 0 Å². The Morgan fingerprint density at radius 1 is 0.960 bits per heavy atom. The molecule has 0 aliphatic carbocycles. The van der Waals surface area contributed by atoms with Gasteiger partial charge >= 0.3 is 0 Å². The fourth-order valence-electron chi connectivity index (χ4n) is 2.48. The third kappa shape index (κ3) is 3.28. The molecule has 25 heavy (non-hydrogen) atoms. The van der Waals surface area contributed by atoms with Crippen molar-refractivity contribution in [2.75, 3.05) is 14.2 Å². The quantitative estimate of drug-likeness (QED) is 0.670. The van der Waals surface area contributed by atoms with Gasteiger partial charge in [-0.25, -0.2) is 4.98 Å². The SMILES string of the molecule is COc1cc(OC)cc(C(=O)c2cccc(=O)n2-c2ccccn2)c1. The first kappa shape index (κ1) is 16.4. The van der Waals surface area contributed by atoms with Crippen molar-refractivity contribution in [3.8, 4) is 17.3 Å². The number of aromatic nitrogens is 2. The lowest BCUT2D eigenvalue weighted by molar-refractivity contribution is 0.103. The number of benzene rings is 1. The van der Waals surface area contributed by atoms with Gasteiger partial charge in [0.15, 0.2) is 0 Å². The van der Waals surface area contributed by atoms with E-state index in [0.29, 0.717) is 22.9 Å². The van der Waals surface area contributed by atoms with Gasteiger partial charge in [-0.2, -0.15) is 0 Å². The molecule has 3 rings (SSSR count). The Bertz CT molecular complexity index is 942. The molecular weight excluding hydrogens is 320 g/mol. The van der Waals surface area contributed by atoms with Crippen LogP contribution in [0.1, 0.15) is 16.1 Å². The summed E-state index contributed by atoms with van der Waals surface area (Å²) in [5.41, 5.74) is 0.229. The van der Waals surface area contributed by atoms with Crippen LogP contribution in [0.15, 0.2) is 65.6 Å². The summed E-state index contributed by atoms with van der Waals surface area (Å²) in [4.78, 5) is 29.5. The minimum Gasteiger partial charge on any atom is -0.497 e. The fourth-order valence-corrected chi connectivity index (χ4v) is 2.48. The number of pyridine rings is 2.